The molecule has 1 atom stereocenters. The van der Waals surface area contributed by atoms with Crippen molar-refractivity contribution in [2.24, 2.45) is 0 Å². The Balaban J connectivity index is 2.41. The molecule has 0 amide bonds. The average molecular weight is 252 g/mol. The Morgan fingerprint density at radius 1 is 1.50 bits per heavy atom. The molecule has 0 N–H and O–H groups in total. The van der Waals surface area contributed by atoms with E-state index in [4.69, 9.17) is 11.3 Å². The summed E-state index contributed by atoms with van der Waals surface area (Å²) in [5.74, 6) is -2.49. The van der Waals surface area contributed by atoms with Crippen molar-refractivity contribution in [3.05, 3.63) is 39.7 Å². The zero-order valence-electron chi connectivity index (χ0n) is 9.87. The van der Waals surface area contributed by atoms with Gasteiger partial charge in [0.05, 0.1) is 19.4 Å². The normalized spacial score (nSPS) is 21.2. The zero-order valence-corrected chi connectivity index (χ0v) is 9.87. The van der Waals surface area contributed by atoms with Gasteiger partial charge in [0.2, 0.25) is 0 Å². The molecule has 94 valence electrons. The summed E-state index contributed by atoms with van der Waals surface area (Å²) < 4.78 is 31.6. The molecule has 2 rings (SSSR count). The number of carbonyl (C=O) groups excluding carboxylic acids is 1. The molecule has 0 radical (unpaired) electrons. The second-order valence-corrected chi connectivity index (χ2v) is 4.23. The molecule has 0 spiro atoms. The maximum atomic E-state index is 13.6. The second-order valence-electron chi connectivity index (χ2n) is 4.23. The fraction of sp³-hybridized carbons (Fsp3) is 0.385. The van der Waals surface area contributed by atoms with E-state index in [-0.39, 0.29) is 25.0 Å². The maximum absolute atomic E-state index is 13.6. The summed E-state index contributed by atoms with van der Waals surface area (Å²) in [6, 6.07) is 2.48. The van der Waals surface area contributed by atoms with Gasteiger partial charge in [-0.25, -0.2) is 13.6 Å². The summed E-state index contributed by atoms with van der Waals surface area (Å²) in [6.45, 7) is 7.12. The van der Waals surface area contributed by atoms with E-state index in [1.807, 2.05) is 0 Å². The average Bonchev–Trinajstić information content (AvgIpc) is 2.75. The van der Waals surface area contributed by atoms with Crippen LogP contribution in [-0.2, 0) is 22.4 Å². The molecular weight excluding hydrogens is 240 g/mol. The van der Waals surface area contributed by atoms with Crippen molar-refractivity contribution in [1.82, 2.24) is 0 Å². The van der Waals surface area contributed by atoms with Gasteiger partial charge in [-0.1, -0.05) is 10.9 Å². The summed E-state index contributed by atoms with van der Waals surface area (Å²) in [5.41, 5.74) is -0.638. The molecule has 0 aliphatic heterocycles. The molecular formula is C13H12F2NO2+. The lowest BCUT2D eigenvalue weighted by molar-refractivity contribution is -0.147. The van der Waals surface area contributed by atoms with Crippen LogP contribution in [0.25, 0.3) is 4.85 Å². The van der Waals surface area contributed by atoms with Crippen LogP contribution in [0.15, 0.2) is 12.1 Å². The third-order valence-electron chi connectivity index (χ3n) is 3.15. The third-order valence-corrected chi connectivity index (χ3v) is 3.15. The Labute approximate surface area is 103 Å². The fourth-order valence-corrected chi connectivity index (χ4v) is 2.21. The molecule has 0 saturated carbocycles. The second kappa shape index (κ2) is 4.37. The number of nitrogens with zero attached hydrogens (tertiary/aromatic N) is 1. The van der Waals surface area contributed by atoms with Crippen LogP contribution >= 0.6 is 0 Å². The monoisotopic (exact) mass is 252 g/mol. The van der Waals surface area contributed by atoms with Crippen molar-refractivity contribution in [3.8, 4) is 6.57 Å². The first-order valence-corrected chi connectivity index (χ1v) is 5.59. The number of fused-ring (bicyclic) bond motifs is 1. The van der Waals surface area contributed by atoms with Gasteiger partial charge in [-0.2, -0.15) is 0 Å². The number of ether oxygens (including phenoxy) is 1. The minimum atomic E-state index is -1.33. The molecule has 0 fully saturated rings. The number of carbonyl (C=O) groups is 1. The molecule has 0 aromatic heterocycles. The standard InChI is InChI=1S/C13H12F2NO2/c1-3-18-12(17)13(16-2)6-8-4-5-10(14)11(15)9(8)7-13/h2,4-5H,3,6-7H2,1H3/q+1. The van der Waals surface area contributed by atoms with Gasteiger partial charge in [-0.05, 0) is 18.6 Å². The highest BCUT2D eigenvalue weighted by Gasteiger charge is 2.56. The molecule has 0 bridgehead atoms. The van der Waals surface area contributed by atoms with Crippen molar-refractivity contribution < 1.29 is 18.3 Å². The topological polar surface area (TPSA) is 30.7 Å². The molecule has 5 heteroatoms. The van der Waals surface area contributed by atoms with Crippen LogP contribution in [0.4, 0.5) is 8.78 Å². The molecule has 1 aromatic carbocycles. The minimum absolute atomic E-state index is 0.0682. The van der Waals surface area contributed by atoms with Gasteiger partial charge in [0.15, 0.2) is 11.6 Å². The predicted molar refractivity (Wildman–Crippen MR) is 61.4 cm³/mol. The molecule has 0 heterocycles. The number of rotatable bonds is 2. The van der Waals surface area contributed by atoms with Gasteiger partial charge >= 0.3 is 11.5 Å². The summed E-state index contributed by atoms with van der Waals surface area (Å²) in [4.78, 5) is 15.4. The Kier molecular flexibility index (Phi) is 3.04. The summed E-state index contributed by atoms with van der Waals surface area (Å²) in [5, 5.41) is 0. The quantitative estimate of drug-likeness (QED) is 0.756. The number of benzene rings is 1. The lowest BCUT2D eigenvalue weighted by Crippen LogP contribution is -2.37. The van der Waals surface area contributed by atoms with Crippen LogP contribution in [0.1, 0.15) is 18.1 Å². The number of halogens is 2. The van der Waals surface area contributed by atoms with Crippen molar-refractivity contribution in [1.29, 1.82) is 0 Å². The molecule has 1 aromatic rings. The smallest absolute Gasteiger partial charge is 0.398 e. The van der Waals surface area contributed by atoms with E-state index in [9.17, 15) is 13.6 Å². The summed E-state index contributed by atoms with van der Waals surface area (Å²) in [7, 11) is 0. The van der Waals surface area contributed by atoms with Gasteiger partial charge in [-0.3, -0.25) is 0 Å². The summed E-state index contributed by atoms with van der Waals surface area (Å²) >= 11 is 0. The van der Waals surface area contributed by atoms with Crippen LogP contribution in [0, 0.1) is 18.2 Å². The van der Waals surface area contributed by atoms with Crippen molar-refractivity contribution >= 4 is 5.97 Å². The number of hydrogen-bond donors (Lipinski definition) is 0. The molecule has 0 saturated heterocycles. The largest absolute Gasteiger partial charge is 0.460 e. The van der Waals surface area contributed by atoms with Crippen molar-refractivity contribution in [3.63, 3.8) is 0 Å². The van der Waals surface area contributed by atoms with Gasteiger partial charge in [0.1, 0.15) is 0 Å². The van der Waals surface area contributed by atoms with Crippen LogP contribution in [0.2, 0.25) is 0 Å². The van der Waals surface area contributed by atoms with E-state index in [1.165, 1.54) is 6.07 Å². The number of hydrogen-bond acceptors (Lipinski definition) is 2. The third kappa shape index (κ3) is 1.74. The van der Waals surface area contributed by atoms with Gasteiger partial charge < -0.3 is 4.74 Å². The first kappa shape index (κ1) is 12.5. The first-order valence-electron chi connectivity index (χ1n) is 5.59. The Morgan fingerprint density at radius 3 is 2.83 bits per heavy atom. The summed E-state index contributed by atoms with van der Waals surface area (Å²) in [6.07, 6.45) is 0.0656. The zero-order chi connectivity index (χ0) is 13.3. The van der Waals surface area contributed by atoms with Gasteiger partial charge in [0, 0.05) is 5.56 Å². The highest BCUT2D eigenvalue weighted by molar-refractivity contribution is 5.85. The van der Waals surface area contributed by atoms with Gasteiger partial charge in [-0.15, -0.1) is 0 Å². The van der Waals surface area contributed by atoms with Crippen LogP contribution in [-0.4, -0.2) is 18.1 Å². The van der Waals surface area contributed by atoms with E-state index in [0.29, 0.717) is 5.56 Å². The van der Waals surface area contributed by atoms with E-state index < -0.39 is 23.1 Å². The highest BCUT2D eigenvalue weighted by atomic mass is 19.2. The molecule has 1 unspecified atom stereocenters. The van der Waals surface area contributed by atoms with Crippen LogP contribution < -0.4 is 0 Å². The molecule has 1 aliphatic carbocycles. The molecule has 1 aliphatic rings. The Bertz CT molecular complexity index is 551. The highest BCUT2D eigenvalue weighted by Crippen LogP contribution is 2.36. The molecule has 18 heavy (non-hydrogen) atoms. The lowest BCUT2D eigenvalue weighted by Gasteiger charge is -2.09. The van der Waals surface area contributed by atoms with Crippen LogP contribution in [0.5, 0.6) is 0 Å². The number of esters is 1. The predicted octanol–water partition coefficient (Wildman–Crippen LogP) is 2.33. The Morgan fingerprint density at radius 2 is 2.22 bits per heavy atom. The van der Waals surface area contributed by atoms with Crippen LogP contribution in [0.3, 0.4) is 0 Å². The lowest BCUT2D eigenvalue weighted by atomic mass is 9.97. The van der Waals surface area contributed by atoms with Crippen molar-refractivity contribution in [2.75, 3.05) is 6.61 Å². The molecule has 3 nitrogen and oxygen atoms in total. The maximum Gasteiger partial charge on any atom is 0.398 e. The first-order chi connectivity index (χ1) is 8.54. The fourth-order valence-electron chi connectivity index (χ4n) is 2.21. The Hall–Kier alpha value is -1.96. The van der Waals surface area contributed by atoms with E-state index >= 15 is 0 Å². The SMILES string of the molecule is C#[N+]C1(C(=O)OCC)Cc2ccc(F)c(F)c2C1. The van der Waals surface area contributed by atoms with Gasteiger partial charge in [0.25, 0.3) is 6.57 Å². The van der Waals surface area contributed by atoms with E-state index in [2.05, 4.69) is 4.85 Å². The minimum Gasteiger partial charge on any atom is -0.460 e. The van der Waals surface area contributed by atoms with Crippen molar-refractivity contribution in [2.45, 2.75) is 25.3 Å². The van der Waals surface area contributed by atoms with E-state index in [1.54, 1.807) is 6.92 Å². The van der Waals surface area contributed by atoms with E-state index in [0.717, 1.165) is 6.07 Å².